The van der Waals surface area contributed by atoms with Gasteiger partial charge in [0.1, 0.15) is 0 Å². The average Bonchev–Trinajstić information content (AvgIpc) is 2.99. The normalized spacial score (nSPS) is 17.0. The van der Waals surface area contributed by atoms with Crippen LogP contribution in [-0.2, 0) is 21.5 Å². The Labute approximate surface area is 156 Å². The Morgan fingerprint density at radius 1 is 1.17 bits per heavy atom. The number of rotatable bonds is 4. The highest BCUT2D eigenvalue weighted by molar-refractivity contribution is 9.10. The number of carbonyl (C=O) groups excluding carboxylic acids is 1. The van der Waals surface area contributed by atoms with Crippen LogP contribution in [0.3, 0.4) is 0 Å². The molecule has 6 heteroatoms. The lowest BCUT2D eigenvalue weighted by Gasteiger charge is -2.36. The molecule has 1 saturated heterocycles. The van der Waals surface area contributed by atoms with Crippen LogP contribution in [0.4, 0.5) is 0 Å². The van der Waals surface area contributed by atoms with Crippen LogP contribution in [0.2, 0.25) is 0 Å². The van der Waals surface area contributed by atoms with Crippen LogP contribution in [0.1, 0.15) is 23.3 Å². The van der Waals surface area contributed by atoms with Crippen LogP contribution >= 0.6 is 43.2 Å². The fraction of sp³-hybridized carbons (Fsp3) is 0.353. The third-order valence-corrected chi connectivity index (χ3v) is 6.45. The standard InChI is InChI=1S/C17H17Br2NO2S/c18-13-3-1-12(2-4-13)17(5-7-22-8-6-17)16(21)20-10-15-9-14(19)11-23-15/h1-4,9,11H,5-8,10H2,(H,20,21). The van der Waals surface area contributed by atoms with Crippen molar-refractivity contribution in [2.75, 3.05) is 13.2 Å². The van der Waals surface area contributed by atoms with E-state index in [1.54, 1.807) is 11.3 Å². The Kier molecular flexibility index (Phi) is 5.57. The molecule has 1 fully saturated rings. The van der Waals surface area contributed by atoms with Gasteiger partial charge < -0.3 is 10.1 Å². The van der Waals surface area contributed by atoms with Crippen LogP contribution in [0.25, 0.3) is 0 Å². The zero-order valence-corrected chi connectivity index (χ0v) is 16.5. The molecule has 1 N–H and O–H groups in total. The van der Waals surface area contributed by atoms with Crippen molar-refractivity contribution in [3.05, 3.63) is 55.1 Å². The molecule has 3 nitrogen and oxygen atoms in total. The number of thiophene rings is 1. The number of hydrogen-bond acceptors (Lipinski definition) is 3. The van der Waals surface area contributed by atoms with Crippen molar-refractivity contribution >= 4 is 49.1 Å². The van der Waals surface area contributed by atoms with Crippen molar-refractivity contribution in [3.63, 3.8) is 0 Å². The van der Waals surface area contributed by atoms with E-state index >= 15 is 0 Å². The Morgan fingerprint density at radius 3 is 2.48 bits per heavy atom. The second-order valence-electron chi connectivity index (χ2n) is 5.62. The SMILES string of the molecule is O=C(NCc1cc(Br)cs1)C1(c2ccc(Br)cc2)CCOCC1. The summed E-state index contributed by atoms with van der Waals surface area (Å²) in [6, 6.07) is 10.1. The third kappa shape index (κ3) is 3.87. The minimum absolute atomic E-state index is 0.0904. The van der Waals surface area contributed by atoms with Gasteiger partial charge in [0.25, 0.3) is 0 Å². The summed E-state index contributed by atoms with van der Waals surface area (Å²) in [7, 11) is 0. The Hall–Kier alpha value is -0.690. The predicted octanol–water partition coefficient (Wildman–Crippen LogP) is 4.64. The number of nitrogens with one attached hydrogen (secondary N) is 1. The summed E-state index contributed by atoms with van der Waals surface area (Å²) in [5.41, 5.74) is 0.571. The van der Waals surface area contributed by atoms with Gasteiger partial charge in [-0.25, -0.2) is 0 Å². The summed E-state index contributed by atoms with van der Waals surface area (Å²) in [6.45, 7) is 1.80. The van der Waals surface area contributed by atoms with Gasteiger partial charge >= 0.3 is 0 Å². The molecule has 0 atom stereocenters. The van der Waals surface area contributed by atoms with Crippen LogP contribution in [0, 0.1) is 0 Å². The molecule has 0 unspecified atom stereocenters. The van der Waals surface area contributed by atoms with E-state index in [4.69, 9.17) is 4.74 Å². The molecular weight excluding hydrogens is 442 g/mol. The molecule has 0 aliphatic carbocycles. The molecule has 1 amide bonds. The lowest BCUT2D eigenvalue weighted by Crippen LogP contribution is -2.47. The van der Waals surface area contributed by atoms with Crippen LogP contribution in [0.15, 0.2) is 44.7 Å². The number of carbonyl (C=O) groups is 1. The molecular formula is C17H17Br2NO2S. The molecule has 122 valence electrons. The molecule has 1 aromatic carbocycles. The van der Waals surface area contributed by atoms with E-state index in [0.717, 1.165) is 19.4 Å². The van der Waals surface area contributed by atoms with Gasteiger partial charge in [-0.2, -0.15) is 0 Å². The number of ether oxygens (including phenoxy) is 1. The third-order valence-electron chi connectivity index (χ3n) is 4.22. The zero-order valence-electron chi connectivity index (χ0n) is 12.5. The smallest absolute Gasteiger partial charge is 0.231 e. The topological polar surface area (TPSA) is 38.3 Å². The van der Waals surface area contributed by atoms with Crippen molar-refractivity contribution in [3.8, 4) is 0 Å². The fourth-order valence-electron chi connectivity index (χ4n) is 2.92. The minimum Gasteiger partial charge on any atom is -0.381 e. The first-order valence-electron chi connectivity index (χ1n) is 7.45. The van der Waals surface area contributed by atoms with Gasteiger partial charge in [-0.05, 0) is 52.5 Å². The molecule has 2 heterocycles. The van der Waals surface area contributed by atoms with E-state index in [0.29, 0.717) is 32.6 Å². The Morgan fingerprint density at radius 2 is 1.87 bits per heavy atom. The molecule has 3 rings (SSSR count). The molecule has 23 heavy (non-hydrogen) atoms. The summed E-state index contributed by atoms with van der Waals surface area (Å²) >= 11 is 8.55. The van der Waals surface area contributed by atoms with Crippen LogP contribution < -0.4 is 5.32 Å². The van der Waals surface area contributed by atoms with Gasteiger partial charge in [-0.3, -0.25) is 4.79 Å². The quantitative estimate of drug-likeness (QED) is 0.724. The first-order valence-corrected chi connectivity index (χ1v) is 9.92. The molecule has 0 spiro atoms. The molecule has 1 aromatic heterocycles. The Balaban J connectivity index is 1.80. The largest absolute Gasteiger partial charge is 0.381 e. The number of halogens is 2. The Bertz CT molecular complexity index is 678. The van der Waals surface area contributed by atoms with E-state index < -0.39 is 5.41 Å². The highest BCUT2D eigenvalue weighted by Gasteiger charge is 2.41. The summed E-state index contributed by atoms with van der Waals surface area (Å²) in [4.78, 5) is 14.1. The minimum atomic E-state index is -0.493. The zero-order chi connectivity index (χ0) is 16.3. The molecule has 1 aliphatic rings. The van der Waals surface area contributed by atoms with Gasteiger partial charge in [-0.1, -0.05) is 28.1 Å². The highest BCUT2D eigenvalue weighted by atomic mass is 79.9. The van der Waals surface area contributed by atoms with Crippen molar-refractivity contribution in [1.29, 1.82) is 0 Å². The average molecular weight is 459 g/mol. The summed E-state index contributed by atoms with van der Waals surface area (Å²) in [5.74, 6) is 0.0904. The monoisotopic (exact) mass is 457 g/mol. The van der Waals surface area contributed by atoms with Gasteiger partial charge in [0.15, 0.2) is 0 Å². The predicted molar refractivity (Wildman–Crippen MR) is 99.7 cm³/mol. The summed E-state index contributed by atoms with van der Waals surface area (Å²) in [5, 5.41) is 5.15. The van der Waals surface area contributed by atoms with Gasteiger partial charge in [0.2, 0.25) is 5.91 Å². The molecule has 2 aromatic rings. The number of amides is 1. The molecule has 0 saturated carbocycles. The lowest BCUT2D eigenvalue weighted by molar-refractivity contribution is -0.130. The second kappa shape index (κ2) is 7.47. The van der Waals surface area contributed by atoms with E-state index in [2.05, 4.69) is 37.2 Å². The first kappa shape index (κ1) is 17.1. The van der Waals surface area contributed by atoms with Gasteiger partial charge in [-0.15, -0.1) is 11.3 Å². The maximum Gasteiger partial charge on any atom is 0.231 e. The maximum absolute atomic E-state index is 13.0. The maximum atomic E-state index is 13.0. The first-order chi connectivity index (χ1) is 11.1. The highest BCUT2D eigenvalue weighted by Crippen LogP contribution is 2.36. The fourth-order valence-corrected chi connectivity index (χ4v) is 4.57. The van der Waals surface area contributed by atoms with Crippen molar-refractivity contribution in [2.24, 2.45) is 0 Å². The number of hydrogen-bond donors (Lipinski definition) is 1. The summed E-state index contributed by atoms with van der Waals surface area (Å²) < 4.78 is 7.57. The van der Waals surface area contributed by atoms with Gasteiger partial charge in [0.05, 0.1) is 12.0 Å². The second-order valence-corrected chi connectivity index (χ2v) is 8.44. The molecule has 1 aliphatic heterocycles. The van der Waals surface area contributed by atoms with E-state index in [1.807, 2.05) is 35.7 Å². The van der Waals surface area contributed by atoms with E-state index in [1.165, 1.54) is 0 Å². The molecule has 0 bridgehead atoms. The van der Waals surface area contributed by atoms with Crippen molar-refractivity contribution in [2.45, 2.75) is 24.8 Å². The lowest BCUT2D eigenvalue weighted by atomic mass is 9.73. The molecule has 0 radical (unpaired) electrons. The van der Waals surface area contributed by atoms with E-state index in [-0.39, 0.29) is 5.91 Å². The van der Waals surface area contributed by atoms with Crippen LogP contribution in [-0.4, -0.2) is 19.1 Å². The van der Waals surface area contributed by atoms with Gasteiger partial charge in [0, 0.05) is 32.4 Å². The van der Waals surface area contributed by atoms with E-state index in [9.17, 15) is 4.79 Å². The van der Waals surface area contributed by atoms with Crippen molar-refractivity contribution in [1.82, 2.24) is 5.32 Å². The van der Waals surface area contributed by atoms with Crippen molar-refractivity contribution < 1.29 is 9.53 Å². The number of benzene rings is 1. The van der Waals surface area contributed by atoms with Crippen LogP contribution in [0.5, 0.6) is 0 Å². The summed E-state index contributed by atoms with van der Waals surface area (Å²) in [6.07, 6.45) is 1.43.